The van der Waals surface area contributed by atoms with Gasteiger partial charge in [0, 0.05) is 39.1 Å². The van der Waals surface area contributed by atoms with Crippen LogP contribution in [0.15, 0.2) is 42.5 Å². The van der Waals surface area contributed by atoms with Gasteiger partial charge in [0.2, 0.25) is 12.7 Å². The minimum absolute atomic E-state index is 0.0353. The first-order valence-electron chi connectivity index (χ1n) is 9.44. The van der Waals surface area contributed by atoms with E-state index in [1.54, 1.807) is 6.07 Å². The summed E-state index contributed by atoms with van der Waals surface area (Å²) in [4.78, 5) is 16.2. The zero-order valence-electron chi connectivity index (χ0n) is 15.7. The van der Waals surface area contributed by atoms with Crippen LogP contribution in [-0.4, -0.2) is 42.1 Å². The lowest BCUT2D eigenvalue weighted by Crippen LogP contribution is -2.33. The molecule has 4 rings (SSSR count). The van der Waals surface area contributed by atoms with Gasteiger partial charge < -0.3 is 14.4 Å². The minimum Gasteiger partial charge on any atom is -0.454 e. The normalized spacial score (nSPS) is 17.5. The van der Waals surface area contributed by atoms with Crippen LogP contribution in [0.25, 0.3) is 0 Å². The molecular formula is C21H21F3N2O3. The molecule has 0 unspecified atom stereocenters. The van der Waals surface area contributed by atoms with Crippen LogP contribution in [0.2, 0.25) is 0 Å². The maximum Gasteiger partial charge on any atom is 0.416 e. The van der Waals surface area contributed by atoms with Gasteiger partial charge in [-0.3, -0.25) is 9.69 Å². The largest absolute Gasteiger partial charge is 0.454 e. The van der Waals surface area contributed by atoms with E-state index >= 15 is 0 Å². The van der Waals surface area contributed by atoms with Crippen molar-refractivity contribution in [3.8, 4) is 11.5 Å². The summed E-state index contributed by atoms with van der Waals surface area (Å²) >= 11 is 0. The third kappa shape index (κ3) is 4.48. The Labute approximate surface area is 166 Å². The van der Waals surface area contributed by atoms with Crippen LogP contribution in [0.5, 0.6) is 11.5 Å². The van der Waals surface area contributed by atoms with E-state index in [0.717, 1.165) is 11.6 Å². The van der Waals surface area contributed by atoms with Crippen molar-refractivity contribution in [3.05, 3.63) is 59.2 Å². The van der Waals surface area contributed by atoms with Crippen molar-refractivity contribution in [3.63, 3.8) is 0 Å². The molecule has 0 N–H and O–H groups in total. The van der Waals surface area contributed by atoms with Gasteiger partial charge in [0.15, 0.2) is 11.5 Å². The second-order valence-electron chi connectivity index (χ2n) is 7.18. The van der Waals surface area contributed by atoms with Crippen LogP contribution in [0.4, 0.5) is 13.2 Å². The van der Waals surface area contributed by atoms with Gasteiger partial charge in [0.1, 0.15) is 0 Å². The molecule has 0 spiro atoms. The number of amides is 1. The summed E-state index contributed by atoms with van der Waals surface area (Å²) < 4.78 is 50.5. The first kappa shape index (κ1) is 19.6. The van der Waals surface area contributed by atoms with Gasteiger partial charge in [-0.2, -0.15) is 13.2 Å². The monoisotopic (exact) mass is 406 g/mol. The summed E-state index contributed by atoms with van der Waals surface area (Å²) in [6, 6.07) is 11.2. The Kier molecular flexibility index (Phi) is 5.36. The Morgan fingerprint density at radius 1 is 0.931 bits per heavy atom. The summed E-state index contributed by atoms with van der Waals surface area (Å²) in [6.45, 7) is 2.35. The molecule has 2 aromatic rings. The van der Waals surface area contributed by atoms with Crippen molar-refractivity contribution in [2.75, 3.05) is 26.4 Å². The average Bonchev–Trinajstić information content (AvgIpc) is 3.09. The van der Waals surface area contributed by atoms with E-state index < -0.39 is 11.7 Å². The molecule has 0 atom stereocenters. The third-order valence-corrected chi connectivity index (χ3v) is 5.21. The highest BCUT2D eigenvalue weighted by molar-refractivity contribution is 5.76. The summed E-state index contributed by atoms with van der Waals surface area (Å²) in [5.74, 6) is 1.29. The van der Waals surface area contributed by atoms with Crippen LogP contribution in [0.3, 0.4) is 0 Å². The van der Waals surface area contributed by atoms with Crippen molar-refractivity contribution in [2.45, 2.75) is 25.7 Å². The highest BCUT2D eigenvalue weighted by Gasteiger charge is 2.34. The number of hydrogen-bond acceptors (Lipinski definition) is 4. The van der Waals surface area contributed by atoms with Crippen molar-refractivity contribution < 1.29 is 27.4 Å². The van der Waals surface area contributed by atoms with Gasteiger partial charge in [-0.25, -0.2) is 0 Å². The average molecular weight is 406 g/mol. The fourth-order valence-electron chi connectivity index (χ4n) is 3.67. The predicted molar refractivity (Wildman–Crippen MR) is 99.3 cm³/mol. The number of ether oxygens (including phenoxy) is 2. The zero-order chi connectivity index (χ0) is 20.4. The van der Waals surface area contributed by atoms with E-state index in [2.05, 4.69) is 4.90 Å². The number of alkyl halides is 3. The number of halogens is 3. The molecule has 2 aliphatic heterocycles. The van der Waals surface area contributed by atoms with Gasteiger partial charge in [0.05, 0.1) is 5.56 Å². The molecule has 154 valence electrons. The van der Waals surface area contributed by atoms with Crippen LogP contribution >= 0.6 is 0 Å². The number of fused-ring (bicyclic) bond motifs is 1. The number of carbonyl (C=O) groups is 1. The molecule has 2 heterocycles. The molecule has 2 aromatic carbocycles. The molecule has 0 aromatic heterocycles. The lowest BCUT2D eigenvalue weighted by molar-refractivity contribution is -0.139. The predicted octanol–water partition coefficient (Wildman–Crippen LogP) is 3.67. The number of hydrogen-bond donors (Lipinski definition) is 0. The summed E-state index contributed by atoms with van der Waals surface area (Å²) in [5, 5.41) is 0. The summed E-state index contributed by atoms with van der Waals surface area (Å²) in [5.41, 5.74) is 0.476. The molecule has 0 saturated carbocycles. The maximum absolute atomic E-state index is 13.2. The van der Waals surface area contributed by atoms with E-state index in [0.29, 0.717) is 37.7 Å². The lowest BCUT2D eigenvalue weighted by atomic mass is 10.1. The summed E-state index contributed by atoms with van der Waals surface area (Å²) in [6.07, 6.45) is -4.16. The molecular weight excluding hydrogens is 385 g/mol. The van der Waals surface area contributed by atoms with E-state index in [4.69, 9.17) is 9.47 Å². The van der Waals surface area contributed by atoms with Crippen molar-refractivity contribution in [2.24, 2.45) is 0 Å². The molecule has 1 amide bonds. The Morgan fingerprint density at radius 2 is 1.72 bits per heavy atom. The van der Waals surface area contributed by atoms with Crippen molar-refractivity contribution in [1.29, 1.82) is 0 Å². The standard InChI is InChI=1S/C21H21F3N2O3/c22-21(23,24)17-4-2-1-3-16(17)13-26-10-9-25(8-7-20(26)27)12-15-5-6-18-19(11-15)29-14-28-18/h1-6,11H,7-10,12-14H2. The summed E-state index contributed by atoms with van der Waals surface area (Å²) in [7, 11) is 0. The molecule has 0 bridgehead atoms. The molecule has 1 fully saturated rings. The van der Waals surface area contributed by atoms with Gasteiger partial charge >= 0.3 is 6.18 Å². The molecule has 0 radical (unpaired) electrons. The van der Waals surface area contributed by atoms with E-state index in [9.17, 15) is 18.0 Å². The quantitative estimate of drug-likeness (QED) is 0.777. The van der Waals surface area contributed by atoms with Crippen LogP contribution in [0, 0.1) is 0 Å². The molecule has 8 heteroatoms. The van der Waals surface area contributed by atoms with E-state index in [-0.39, 0.29) is 31.2 Å². The van der Waals surface area contributed by atoms with Crippen molar-refractivity contribution >= 4 is 5.91 Å². The number of benzene rings is 2. The van der Waals surface area contributed by atoms with Crippen LogP contribution < -0.4 is 9.47 Å². The SMILES string of the molecule is O=C1CCN(Cc2ccc3c(c2)OCO3)CCN1Cc1ccccc1C(F)(F)F. The van der Waals surface area contributed by atoms with E-state index in [1.807, 2.05) is 18.2 Å². The van der Waals surface area contributed by atoms with Gasteiger partial charge in [-0.05, 0) is 29.3 Å². The van der Waals surface area contributed by atoms with Gasteiger partial charge in [-0.15, -0.1) is 0 Å². The number of carbonyl (C=O) groups excluding carboxylic acids is 1. The highest BCUT2D eigenvalue weighted by atomic mass is 19.4. The lowest BCUT2D eigenvalue weighted by Gasteiger charge is -2.24. The Morgan fingerprint density at radius 3 is 2.55 bits per heavy atom. The molecule has 2 aliphatic rings. The zero-order valence-corrected chi connectivity index (χ0v) is 15.7. The van der Waals surface area contributed by atoms with Gasteiger partial charge in [-0.1, -0.05) is 24.3 Å². The van der Waals surface area contributed by atoms with Crippen LogP contribution in [0.1, 0.15) is 23.1 Å². The minimum atomic E-state index is -4.43. The number of nitrogens with zero attached hydrogens (tertiary/aromatic N) is 2. The number of rotatable bonds is 4. The molecule has 5 nitrogen and oxygen atoms in total. The third-order valence-electron chi connectivity index (χ3n) is 5.21. The van der Waals surface area contributed by atoms with Crippen LogP contribution in [-0.2, 0) is 24.1 Å². The first-order chi connectivity index (χ1) is 13.9. The van der Waals surface area contributed by atoms with Crippen molar-refractivity contribution in [1.82, 2.24) is 9.80 Å². The maximum atomic E-state index is 13.2. The Balaban J connectivity index is 1.42. The fraction of sp³-hybridized carbons (Fsp3) is 0.381. The molecule has 1 saturated heterocycles. The Hall–Kier alpha value is -2.74. The van der Waals surface area contributed by atoms with Gasteiger partial charge in [0.25, 0.3) is 0 Å². The topological polar surface area (TPSA) is 42.0 Å². The molecule has 29 heavy (non-hydrogen) atoms. The smallest absolute Gasteiger partial charge is 0.416 e. The Bertz CT molecular complexity index is 901. The molecule has 0 aliphatic carbocycles. The fourth-order valence-corrected chi connectivity index (χ4v) is 3.67. The van der Waals surface area contributed by atoms with E-state index in [1.165, 1.54) is 17.0 Å². The first-order valence-corrected chi connectivity index (χ1v) is 9.44. The highest BCUT2D eigenvalue weighted by Crippen LogP contribution is 2.34. The second-order valence-corrected chi connectivity index (χ2v) is 7.18. The second kappa shape index (κ2) is 7.94.